The van der Waals surface area contributed by atoms with Gasteiger partial charge in [-0.1, -0.05) is 102 Å². The van der Waals surface area contributed by atoms with Gasteiger partial charge >= 0.3 is 0 Å². The number of hydrogen-bond donors (Lipinski definition) is 1. The molecule has 198 valence electrons. The van der Waals surface area contributed by atoms with E-state index in [0.717, 1.165) is 12.8 Å². The minimum absolute atomic E-state index is 0.0589. The summed E-state index contributed by atoms with van der Waals surface area (Å²) in [7, 11) is -2.57. The Kier molecular flexibility index (Phi) is 11.5. The zero-order valence-electron chi connectivity index (χ0n) is 23.1. The normalized spacial score (nSPS) is 13.0. The molecule has 0 saturated carbocycles. The average molecular weight is 511 g/mol. The Morgan fingerprint density at radius 2 is 1.47 bits per heavy atom. The van der Waals surface area contributed by atoms with Crippen LogP contribution >= 0.6 is 0 Å². The van der Waals surface area contributed by atoms with E-state index in [4.69, 9.17) is 10.2 Å². The molecule has 0 aliphatic rings. The Labute approximate surface area is 219 Å². The van der Waals surface area contributed by atoms with Crippen LogP contribution in [-0.2, 0) is 14.0 Å². The van der Waals surface area contributed by atoms with Crippen LogP contribution in [0.5, 0.6) is 0 Å². The topological polar surface area (TPSA) is 72.6 Å². The van der Waals surface area contributed by atoms with Crippen molar-refractivity contribution in [3.8, 4) is 0 Å². The summed E-state index contributed by atoms with van der Waals surface area (Å²) in [5.41, 5.74) is 6.18. The summed E-state index contributed by atoms with van der Waals surface area (Å²) in [5, 5.41) is 2.44. The number of hydrogen-bond acceptors (Lipinski definition) is 4. The van der Waals surface area contributed by atoms with Gasteiger partial charge in [-0.2, -0.15) is 0 Å². The molecule has 0 bridgehead atoms. The van der Waals surface area contributed by atoms with Gasteiger partial charge in [-0.15, -0.1) is 0 Å². The Hall–Kier alpha value is -2.28. The van der Waals surface area contributed by atoms with Crippen LogP contribution in [0.15, 0.2) is 60.7 Å². The molecule has 0 unspecified atom stereocenters. The van der Waals surface area contributed by atoms with Gasteiger partial charge in [-0.25, -0.2) is 0 Å². The molecule has 2 aromatic rings. The Morgan fingerprint density at radius 3 is 1.92 bits per heavy atom. The molecule has 0 aromatic heterocycles. The highest BCUT2D eigenvalue weighted by molar-refractivity contribution is 6.99. The minimum Gasteiger partial charge on any atom is -0.407 e. The molecule has 0 saturated heterocycles. The van der Waals surface area contributed by atoms with E-state index in [-0.39, 0.29) is 23.3 Å². The summed E-state index contributed by atoms with van der Waals surface area (Å²) in [6.45, 7) is 14.0. The molecule has 0 fully saturated rings. The van der Waals surface area contributed by atoms with Crippen molar-refractivity contribution in [2.24, 2.45) is 11.7 Å². The van der Waals surface area contributed by atoms with Crippen LogP contribution in [0, 0.1) is 5.92 Å². The molecule has 2 aromatic carbocycles. The van der Waals surface area contributed by atoms with Gasteiger partial charge in [-0.05, 0) is 40.6 Å². The molecule has 1 atom stereocenters. The second-order valence-electron chi connectivity index (χ2n) is 11.1. The molecule has 2 N–H and O–H groups in total. The first-order valence-electron chi connectivity index (χ1n) is 13.3. The van der Waals surface area contributed by atoms with Gasteiger partial charge in [0, 0.05) is 19.6 Å². The zero-order valence-corrected chi connectivity index (χ0v) is 24.1. The van der Waals surface area contributed by atoms with E-state index >= 15 is 0 Å². The van der Waals surface area contributed by atoms with Gasteiger partial charge in [0.2, 0.25) is 5.91 Å². The molecule has 0 spiro atoms. The number of nitrogens with two attached hydrogens (primary N) is 1. The van der Waals surface area contributed by atoms with Crippen LogP contribution in [0.1, 0.15) is 67.2 Å². The number of carbonyl (C=O) groups is 2. The van der Waals surface area contributed by atoms with Gasteiger partial charge in [0.1, 0.15) is 0 Å². The second kappa shape index (κ2) is 13.9. The maximum atomic E-state index is 13.0. The number of nitrogens with zero attached hydrogens (tertiary/aromatic N) is 1. The third-order valence-corrected chi connectivity index (χ3v) is 11.7. The first-order chi connectivity index (χ1) is 17.0. The molecular formula is C30H46N2O3Si. The maximum absolute atomic E-state index is 13.0. The van der Waals surface area contributed by atoms with Gasteiger partial charge in [0.05, 0.1) is 12.6 Å². The molecule has 0 heterocycles. The molecule has 36 heavy (non-hydrogen) atoms. The van der Waals surface area contributed by atoms with Gasteiger partial charge in [-0.3, -0.25) is 9.59 Å². The quantitative estimate of drug-likeness (QED) is 0.299. The lowest BCUT2D eigenvalue weighted by atomic mass is 10.0. The van der Waals surface area contributed by atoms with Crippen molar-refractivity contribution in [3.63, 3.8) is 0 Å². The van der Waals surface area contributed by atoms with Crippen molar-refractivity contribution >= 4 is 30.4 Å². The van der Waals surface area contributed by atoms with E-state index in [1.54, 1.807) is 4.90 Å². The molecular weight excluding hydrogens is 464 g/mol. The van der Waals surface area contributed by atoms with Crippen molar-refractivity contribution in [2.75, 3.05) is 19.7 Å². The highest BCUT2D eigenvalue weighted by Gasteiger charge is 2.49. The van der Waals surface area contributed by atoms with Crippen molar-refractivity contribution in [1.29, 1.82) is 0 Å². The Bertz CT molecular complexity index is 902. The molecule has 1 amide bonds. The number of rotatable bonds is 14. The van der Waals surface area contributed by atoms with E-state index in [9.17, 15) is 9.59 Å². The average Bonchev–Trinajstić information content (AvgIpc) is 2.84. The standard InChI is InChI=1S/C30H46N2O3Si/c1-7-25(33)23-32(29(34)28(31)22-24(2)3)20-14-15-21-35-36(30(4,5)6,26-16-10-8-11-17-26)27-18-12-9-13-19-27/h8-13,16-19,24,28H,7,14-15,20-23,31H2,1-6H3/t28-/m0/s1. The largest absolute Gasteiger partial charge is 0.407 e. The molecule has 0 aliphatic carbocycles. The number of benzene rings is 2. The first kappa shape index (κ1) is 29.9. The maximum Gasteiger partial charge on any atom is 0.261 e. The molecule has 5 nitrogen and oxygen atoms in total. The highest BCUT2D eigenvalue weighted by atomic mass is 28.4. The lowest BCUT2D eigenvalue weighted by molar-refractivity contribution is -0.136. The Balaban J connectivity index is 2.16. The summed E-state index contributed by atoms with van der Waals surface area (Å²) < 4.78 is 6.95. The third kappa shape index (κ3) is 7.86. The monoisotopic (exact) mass is 510 g/mol. The summed E-state index contributed by atoms with van der Waals surface area (Å²) >= 11 is 0. The fourth-order valence-corrected chi connectivity index (χ4v) is 9.43. The molecule has 6 heteroatoms. The van der Waals surface area contributed by atoms with Crippen LogP contribution in [-0.4, -0.2) is 50.6 Å². The highest BCUT2D eigenvalue weighted by Crippen LogP contribution is 2.36. The number of Topliss-reactive ketones (excluding diaryl/α,β-unsaturated/α-hetero) is 1. The Morgan fingerprint density at radius 1 is 0.944 bits per heavy atom. The second-order valence-corrected chi connectivity index (χ2v) is 15.4. The number of amides is 1. The summed E-state index contributed by atoms with van der Waals surface area (Å²) in [4.78, 5) is 26.8. The van der Waals surface area contributed by atoms with Crippen LogP contribution in [0.2, 0.25) is 5.04 Å². The minimum atomic E-state index is -2.57. The SMILES string of the molecule is CCC(=O)CN(CCCCO[Si](c1ccccc1)(c1ccccc1)C(C)(C)C)C(=O)[C@@H](N)CC(C)C. The van der Waals surface area contributed by atoms with Gasteiger partial charge in [0.15, 0.2) is 5.78 Å². The van der Waals surface area contributed by atoms with Crippen molar-refractivity contribution in [1.82, 2.24) is 4.90 Å². The van der Waals surface area contributed by atoms with Crippen LogP contribution < -0.4 is 16.1 Å². The lowest BCUT2D eigenvalue weighted by Crippen LogP contribution is -2.66. The zero-order chi connectivity index (χ0) is 26.8. The number of ketones is 1. The van der Waals surface area contributed by atoms with Crippen LogP contribution in [0.4, 0.5) is 0 Å². The van der Waals surface area contributed by atoms with E-state index in [1.807, 2.05) is 19.1 Å². The molecule has 0 aliphatic heterocycles. The molecule has 0 radical (unpaired) electrons. The fourth-order valence-electron chi connectivity index (χ4n) is 4.83. The van der Waals surface area contributed by atoms with Crippen LogP contribution in [0.25, 0.3) is 0 Å². The van der Waals surface area contributed by atoms with E-state index in [2.05, 4.69) is 83.1 Å². The molecule has 2 rings (SSSR count). The summed E-state index contributed by atoms with van der Waals surface area (Å²) in [6, 6.07) is 20.6. The van der Waals surface area contributed by atoms with Crippen molar-refractivity contribution in [2.45, 2.75) is 78.3 Å². The predicted octanol–water partition coefficient (Wildman–Crippen LogP) is 4.52. The fraction of sp³-hybridized carbons (Fsp3) is 0.533. The first-order valence-corrected chi connectivity index (χ1v) is 15.2. The predicted molar refractivity (Wildman–Crippen MR) is 152 cm³/mol. The van der Waals surface area contributed by atoms with Crippen LogP contribution in [0.3, 0.4) is 0 Å². The third-order valence-electron chi connectivity index (χ3n) is 6.67. The number of carbonyl (C=O) groups excluding carboxylic acids is 2. The van der Waals surface area contributed by atoms with Crippen molar-refractivity contribution < 1.29 is 14.0 Å². The smallest absolute Gasteiger partial charge is 0.261 e. The van der Waals surface area contributed by atoms with Gasteiger partial charge in [0.25, 0.3) is 8.32 Å². The van der Waals surface area contributed by atoms with Crippen molar-refractivity contribution in [3.05, 3.63) is 60.7 Å². The van der Waals surface area contributed by atoms with E-state index < -0.39 is 14.4 Å². The van der Waals surface area contributed by atoms with E-state index in [1.165, 1.54) is 10.4 Å². The number of unbranched alkanes of at least 4 members (excludes halogenated alkanes) is 1. The van der Waals surface area contributed by atoms with Gasteiger partial charge < -0.3 is 15.1 Å². The summed E-state index contributed by atoms with van der Waals surface area (Å²) in [5.74, 6) is 0.259. The van der Waals surface area contributed by atoms with E-state index in [0.29, 0.717) is 31.9 Å². The lowest BCUT2D eigenvalue weighted by Gasteiger charge is -2.43. The summed E-state index contributed by atoms with van der Waals surface area (Å²) in [6.07, 6.45) is 2.59.